The van der Waals surface area contributed by atoms with Gasteiger partial charge in [-0.1, -0.05) is 107 Å². The highest BCUT2D eigenvalue weighted by atomic mass is 32.1. The summed E-state index contributed by atoms with van der Waals surface area (Å²) in [5.41, 5.74) is 14.2. The molecule has 2 aromatic heterocycles. The van der Waals surface area contributed by atoms with Crippen molar-refractivity contribution in [3.63, 3.8) is 0 Å². The van der Waals surface area contributed by atoms with E-state index in [1.165, 1.54) is 83.4 Å². The second kappa shape index (κ2) is 9.87. The van der Waals surface area contributed by atoms with E-state index in [1.807, 2.05) is 11.3 Å². The van der Waals surface area contributed by atoms with Crippen LogP contribution in [0.2, 0.25) is 0 Å². The summed E-state index contributed by atoms with van der Waals surface area (Å²) in [6.45, 7) is 28.7. The molecule has 0 saturated carbocycles. The Morgan fingerprint density at radius 1 is 0.708 bits per heavy atom. The first kappa shape index (κ1) is 31.9. The smallest absolute Gasteiger partial charge is 0.262 e. The third kappa shape index (κ3) is 4.47. The van der Waals surface area contributed by atoms with Crippen molar-refractivity contribution in [1.82, 2.24) is 4.98 Å². The Bertz CT molecular complexity index is 2130. The fourth-order valence-electron chi connectivity index (χ4n) is 8.99. The number of nitrogens with zero attached hydrogens (tertiary/aromatic N) is 2. The lowest BCUT2D eigenvalue weighted by molar-refractivity contribution is 0.332. The highest BCUT2D eigenvalue weighted by Gasteiger charge is 2.50. The number of rotatable bonds is 1. The van der Waals surface area contributed by atoms with Crippen molar-refractivity contribution in [2.24, 2.45) is 0 Å². The molecule has 0 unspecified atom stereocenters. The third-order valence-electron chi connectivity index (χ3n) is 12.2. The molecular formula is C44H51BN2S. The fourth-order valence-corrected chi connectivity index (χ4v) is 10.5. The van der Waals surface area contributed by atoms with Crippen molar-refractivity contribution < 1.29 is 0 Å². The summed E-state index contributed by atoms with van der Waals surface area (Å²) in [7, 11) is 0. The van der Waals surface area contributed by atoms with Gasteiger partial charge in [-0.15, -0.1) is 11.3 Å². The van der Waals surface area contributed by atoms with Gasteiger partial charge in [-0.05, 0) is 125 Å². The van der Waals surface area contributed by atoms with E-state index in [1.54, 1.807) is 0 Å². The number of pyridine rings is 1. The molecule has 4 heterocycles. The van der Waals surface area contributed by atoms with Gasteiger partial charge in [0.1, 0.15) is 5.82 Å². The van der Waals surface area contributed by atoms with Crippen LogP contribution in [0.5, 0.6) is 0 Å². The van der Waals surface area contributed by atoms with Crippen LogP contribution in [-0.4, -0.2) is 11.7 Å². The van der Waals surface area contributed by atoms with Gasteiger partial charge in [0.05, 0.1) is 0 Å². The van der Waals surface area contributed by atoms with Gasteiger partial charge >= 0.3 is 0 Å². The summed E-state index contributed by atoms with van der Waals surface area (Å²) < 4.78 is 2.89. The van der Waals surface area contributed by atoms with Crippen LogP contribution in [0.25, 0.3) is 10.1 Å². The molecule has 0 saturated heterocycles. The first-order valence-electron chi connectivity index (χ1n) is 18.0. The van der Waals surface area contributed by atoms with Crippen LogP contribution < -0.4 is 20.6 Å². The maximum Gasteiger partial charge on any atom is 0.262 e. The second-order valence-electron chi connectivity index (χ2n) is 18.8. The lowest BCUT2D eigenvalue weighted by atomic mass is 9.32. The van der Waals surface area contributed by atoms with Gasteiger partial charge in [0, 0.05) is 27.7 Å². The Hall–Kier alpha value is -3.37. The number of thiophene rings is 1. The van der Waals surface area contributed by atoms with Crippen LogP contribution in [0.3, 0.4) is 0 Å². The molecule has 0 amide bonds. The average Bonchev–Trinajstić information content (AvgIpc) is 3.40. The molecule has 0 fully saturated rings. The maximum atomic E-state index is 5.29. The summed E-state index contributed by atoms with van der Waals surface area (Å²) in [4.78, 5) is 7.79. The zero-order valence-electron chi connectivity index (χ0n) is 31.1. The van der Waals surface area contributed by atoms with Crippen molar-refractivity contribution in [1.29, 1.82) is 0 Å². The van der Waals surface area contributed by atoms with E-state index >= 15 is 0 Å². The van der Waals surface area contributed by atoms with Crippen molar-refractivity contribution in [2.45, 2.75) is 123 Å². The van der Waals surface area contributed by atoms with Crippen LogP contribution in [0, 0.1) is 0 Å². The first-order chi connectivity index (χ1) is 22.3. The predicted octanol–water partition coefficient (Wildman–Crippen LogP) is 10.2. The Balaban J connectivity index is 1.47. The third-order valence-corrected chi connectivity index (χ3v) is 13.4. The van der Waals surface area contributed by atoms with E-state index in [0.717, 1.165) is 5.82 Å². The summed E-state index contributed by atoms with van der Waals surface area (Å²) in [5, 5.41) is 1.43. The molecule has 0 atom stereocenters. The molecule has 0 bridgehead atoms. The molecule has 8 rings (SSSR count). The lowest BCUT2D eigenvalue weighted by Crippen LogP contribution is -2.63. The number of hydrogen-bond acceptors (Lipinski definition) is 3. The Labute approximate surface area is 293 Å². The minimum Gasteiger partial charge on any atom is -0.296 e. The number of fused-ring (bicyclic) bond motifs is 7. The van der Waals surface area contributed by atoms with Crippen molar-refractivity contribution in [3.8, 4) is 0 Å². The molecule has 246 valence electrons. The van der Waals surface area contributed by atoms with Gasteiger partial charge in [0.25, 0.3) is 6.71 Å². The summed E-state index contributed by atoms with van der Waals surface area (Å²) >= 11 is 2.02. The zero-order chi connectivity index (χ0) is 34.3. The van der Waals surface area contributed by atoms with Crippen molar-refractivity contribution >= 4 is 61.0 Å². The van der Waals surface area contributed by atoms with E-state index in [-0.39, 0.29) is 33.8 Å². The van der Waals surface area contributed by atoms with Crippen LogP contribution in [0.4, 0.5) is 17.2 Å². The van der Waals surface area contributed by atoms with Gasteiger partial charge < -0.3 is 0 Å². The normalized spacial score (nSPS) is 18.7. The number of benzene rings is 3. The number of anilines is 3. The summed E-state index contributed by atoms with van der Waals surface area (Å²) in [6, 6.07) is 24.1. The molecule has 1 aliphatic carbocycles. The van der Waals surface area contributed by atoms with Crippen molar-refractivity contribution in [2.75, 3.05) is 4.90 Å². The number of aromatic nitrogens is 1. The van der Waals surface area contributed by atoms with E-state index in [9.17, 15) is 0 Å². The molecule has 0 N–H and O–H groups in total. The maximum absolute atomic E-state index is 5.29. The highest BCUT2D eigenvalue weighted by molar-refractivity contribution is 7.32. The first-order valence-corrected chi connectivity index (χ1v) is 18.8. The predicted molar refractivity (Wildman–Crippen MR) is 210 cm³/mol. The summed E-state index contributed by atoms with van der Waals surface area (Å²) in [6.07, 6.45) is 4.47. The monoisotopic (exact) mass is 650 g/mol. The molecule has 3 aliphatic rings. The summed E-state index contributed by atoms with van der Waals surface area (Å²) in [5.74, 6) is 1.09. The Morgan fingerprint density at radius 2 is 1.31 bits per heavy atom. The van der Waals surface area contributed by atoms with Crippen LogP contribution >= 0.6 is 11.3 Å². The van der Waals surface area contributed by atoms with Gasteiger partial charge in [-0.2, -0.15) is 0 Å². The van der Waals surface area contributed by atoms with E-state index in [2.05, 4.69) is 155 Å². The molecule has 48 heavy (non-hydrogen) atoms. The minimum absolute atomic E-state index is 0.0920. The van der Waals surface area contributed by atoms with Crippen LogP contribution in [0.15, 0.2) is 66.9 Å². The molecule has 0 spiro atoms. The standard InChI is InChI=1S/C44H51BN2S/c1-40(2,3)26-13-16-28(17-14-26)47-34-25-32-31(42(7,8)20-21-43(32,9)10)24-33(34)45-37-30(19-22-46-39(37)47)44(11,12)36-29-23-27(41(4,5)6)15-18-35(29)48-38(36)45/h13-19,22-25H,20-21H2,1-12H3. The minimum atomic E-state index is -0.164. The fraction of sp³-hybridized carbons (Fsp3) is 0.432. The SMILES string of the molecule is CC(C)(C)c1ccc(N2c3cc4c(cc3B3c5sc6ccc(C(C)(C)C)cc6c5C(C)(C)c5ccnc2c53)C(C)(C)CCC4(C)C)cc1. The Kier molecular flexibility index (Phi) is 6.56. The van der Waals surface area contributed by atoms with E-state index in [4.69, 9.17) is 4.98 Å². The highest BCUT2D eigenvalue weighted by Crippen LogP contribution is 2.50. The van der Waals surface area contributed by atoms with Gasteiger partial charge in [0.15, 0.2) is 0 Å². The van der Waals surface area contributed by atoms with Gasteiger partial charge in [0.2, 0.25) is 0 Å². The van der Waals surface area contributed by atoms with Crippen LogP contribution in [-0.2, 0) is 27.1 Å². The lowest BCUT2D eigenvalue weighted by Gasteiger charge is -2.47. The largest absolute Gasteiger partial charge is 0.296 e. The van der Waals surface area contributed by atoms with Gasteiger partial charge in [-0.3, -0.25) is 4.90 Å². The molecule has 3 aromatic carbocycles. The number of hydrogen-bond donors (Lipinski definition) is 0. The molecule has 0 radical (unpaired) electrons. The molecule has 2 aliphatic heterocycles. The van der Waals surface area contributed by atoms with Crippen LogP contribution in [0.1, 0.15) is 129 Å². The van der Waals surface area contributed by atoms with Gasteiger partial charge in [-0.25, -0.2) is 4.98 Å². The molecular weight excluding hydrogens is 599 g/mol. The molecule has 2 nitrogen and oxygen atoms in total. The van der Waals surface area contributed by atoms with Crippen molar-refractivity contribution in [3.05, 3.63) is 100 Å². The van der Waals surface area contributed by atoms with E-state index < -0.39 is 0 Å². The van der Waals surface area contributed by atoms with E-state index in [0.29, 0.717) is 0 Å². The zero-order valence-corrected chi connectivity index (χ0v) is 32.0. The topological polar surface area (TPSA) is 16.1 Å². The second-order valence-corrected chi connectivity index (χ2v) is 19.9. The Morgan fingerprint density at radius 3 is 1.94 bits per heavy atom. The molecule has 4 heteroatoms. The quantitative estimate of drug-likeness (QED) is 0.165. The average molecular weight is 651 g/mol. The molecule has 5 aromatic rings.